The van der Waals surface area contributed by atoms with Crippen LogP contribution in [0.1, 0.15) is 20.8 Å². The average molecular weight is 244 g/mol. The molecular formula is C12H18ClNO2. The predicted octanol–water partition coefficient (Wildman–Crippen LogP) is 2.32. The van der Waals surface area contributed by atoms with Gasteiger partial charge < -0.3 is 9.64 Å². The Bertz CT molecular complexity index is 334. The molecule has 0 spiro atoms. The van der Waals surface area contributed by atoms with E-state index in [4.69, 9.17) is 16.3 Å². The monoisotopic (exact) mass is 243 g/mol. The molecule has 1 amide bonds. The number of methoxy groups -OCH3 is 1. The number of amides is 1. The van der Waals surface area contributed by atoms with Crippen molar-refractivity contribution in [2.45, 2.75) is 31.7 Å². The molecule has 0 aromatic heterocycles. The molecule has 90 valence electrons. The maximum Gasteiger partial charge on any atom is 0.221 e. The zero-order valence-corrected chi connectivity index (χ0v) is 10.9. The highest BCUT2D eigenvalue weighted by atomic mass is 35.5. The van der Waals surface area contributed by atoms with Gasteiger partial charge in [0, 0.05) is 14.0 Å². The predicted molar refractivity (Wildman–Crippen MR) is 65.3 cm³/mol. The maximum absolute atomic E-state index is 11.6. The highest BCUT2D eigenvalue weighted by Gasteiger charge is 2.38. The summed E-state index contributed by atoms with van der Waals surface area (Å²) in [5, 5.41) is 0. The van der Waals surface area contributed by atoms with E-state index in [-0.39, 0.29) is 18.7 Å². The van der Waals surface area contributed by atoms with Gasteiger partial charge in [-0.15, -0.1) is 11.6 Å². The van der Waals surface area contributed by atoms with Gasteiger partial charge in [0.25, 0.3) is 0 Å². The molecule has 2 atom stereocenters. The fraction of sp³-hybridized carbons (Fsp3) is 0.583. The van der Waals surface area contributed by atoms with E-state index in [1.807, 2.05) is 32.1 Å². The lowest BCUT2D eigenvalue weighted by atomic mass is 9.88. The van der Waals surface area contributed by atoms with Gasteiger partial charge in [0.2, 0.25) is 5.91 Å². The molecule has 16 heavy (non-hydrogen) atoms. The average Bonchev–Trinajstić information content (AvgIpc) is 2.14. The molecule has 1 rings (SSSR count). The van der Waals surface area contributed by atoms with Crippen LogP contribution < -0.4 is 0 Å². The summed E-state index contributed by atoms with van der Waals surface area (Å²) >= 11 is 6.43. The number of alkyl halides is 1. The van der Waals surface area contributed by atoms with Crippen molar-refractivity contribution >= 4 is 17.5 Å². The zero-order valence-electron chi connectivity index (χ0n) is 10.2. The van der Waals surface area contributed by atoms with Crippen LogP contribution in [0.2, 0.25) is 0 Å². The Balaban J connectivity index is 3.02. The van der Waals surface area contributed by atoms with Crippen molar-refractivity contribution in [1.82, 2.24) is 4.90 Å². The van der Waals surface area contributed by atoms with Crippen LogP contribution in [0, 0.1) is 0 Å². The Morgan fingerprint density at radius 2 is 2.31 bits per heavy atom. The van der Waals surface area contributed by atoms with E-state index in [0.717, 1.165) is 5.57 Å². The van der Waals surface area contributed by atoms with E-state index in [1.54, 1.807) is 12.0 Å². The van der Waals surface area contributed by atoms with Gasteiger partial charge in [-0.2, -0.15) is 0 Å². The van der Waals surface area contributed by atoms with Crippen molar-refractivity contribution in [3.8, 4) is 0 Å². The summed E-state index contributed by atoms with van der Waals surface area (Å²) in [7, 11) is 1.57. The third kappa shape index (κ3) is 2.66. The number of hydrogen-bond donors (Lipinski definition) is 0. The lowest BCUT2D eigenvalue weighted by Gasteiger charge is -2.40. The first-order valence-electron chi connectivity index (χ1n) is 5.21. The molecule has 1 aliphatic rings. The SMILES string of the molecule is COCN(C(C)=O)C1C(C)=CC=CC1(C)Cl. The molecule has 0 aromatic carbocycles. The van der Waals surface area contributed by atoms with Crippen LogP contribution in [0.15, 0.2) is 23.8 Å². The number of hydrogen-bond acceptors (Lipinski definition) is 2. The number of carbonyl (C=O) groups excluding carboxylic acids is 1. The maximum atomic E-state index is 11.6. The van der Waals surface area contributed by atoms with Gasteiger partial charge in [0.1, 0.15) is 6.73 Å². The van der Waals surface area contributed by atoms with Gasteiger partial charge in [0.05, 0.1) is 10.9 Å². The van der Waals surface area contributed by atoms with Gasteiger partial charge in [-0.1, -0.05) is 18.2 Å². The summed E-state index contributed by atoms with van der Waals surface area (Å²) in [4.78, 5) is 12.7. The molecule has 0 saturated heterocycles. The van der Waals surface area contributed by atoms with Crippen LogP contribution in [-0.2, 0) is 9.53 Å². The summed E-state index contributed by atoms with van der Waals surface area (Å²) in [5.41, 5.74) is 1.06. The van der Waals surface area contributed by atoms with E-state index < -0.39 is 4.87 Å². The van der Waals surface area contributed by atoms with Crippen molar-refractivity contribution in [3.63, 3.8) is 0 Å². The third-order valence-corrected chi connectivity index (χ3v) is 3.06. The van der Waals surface area contributed by atoms with E-state index in [1.165, 1.54) is 6.92 Å². The zero-order chi connectivity index (χ0) is 12.3. The smallest absolute Gasteiger partial charge is 0.221 e. The molecular weight excluding hydrogens is 226 g/mol. The molecule has 0 heterocycles. The lowest BCUT2D eigenvalue weighted by Crippen LogP contribution is -2.51. The van der Waals surface area contributed by atoms with Crippen molar-refractivity contribution in [2.24, 2.45) is 0 Å². The first-order chi connectivity index (χ1) is 7.40. The Morgan fingerprint density at radius 3 is 2.75 bits per heavy atom. The number of rotatable bonds is 3. The fourth-order valence-corrected chi connectivity index (χ4v) is 2.41. The minimum atomic E-state index is -0.580. The summed E-state index contributed by atoms with van der Waals surface area (Å²) in [6.07, 6.45) is 5.79. The van der Waals surface area contributed by atoms with Gasteiger partial charge >= 0.3 is 0 Å². The number of carbonyl (C=O) groups is 1. The number of halogens is 1. The molecule has 0 N–H and O–H groups in total. The van der Waals surface area contributed by atoms with Gasteiger partial charge in [0.15, 0.2) is 0 Å². The summed E-state index contributed by atoms with van der Waals surface area (Å²) in [5.74, 6) is -0.0400. The molecule has 0 bridgehead atoms. The van der Waals surface area contributed by atoms with E-state index in [0.29, 0.717) is 0 Å². The molecule has 3 nitrogen and oxygen atoms in total. The topological polar surface area (TPSA) is 29.5 Å². The summed E-state index contributed by atoms with van der Waals surface area (Å²) in [6.45, 7) is 5.65. The van der Waals surface area contributed by atoms with Crippen LogP contribution in [-0.4, -0.2) is 35.6 Å². The Morgan fingerprint density at radius 1 is 1.69 bits per heavy atom. The van der Waals surface area contributed by atoms with Crippen LogP contribution in [0.25, 0.3) is 0 Å². The summed E-state index contributed by atoms with van der Waals surface area (Å²) < 4.78 is 5.06. The van der Waals surface area contributed by atoms with Crippen molar-refractivity contribution < 1.29 is 9.53 Å². The Hall–Kier alpha value is -0.800. The highest BCUT2D eigenvalue weighted by molar-refractivity contribution is 6.26. The van der Waals surface area contributed by atoms with Crippen LogP contribution in [0.5, 0.6) is 0 Å². The number of allylic oxidation sites excluding steroid dienone is 2. The first-order valence-corrected chi connectivity index (χ1v) is 5.59. The minimum absolute atomic E-state index is 0.0400. The fourth-order valence-electron chi connectivity index (χ4n) is 2.05. The number of nitrogens with zero attached hydrogens (tertiary/aromatic N) is 1. The molecule has 0 aromatic rings. The van der Waals surface area contributed by atoms with Crippen LogP contribution in [0.4, 0.5) is 0 Å². The van der Waals surface area contributed by atoms with Gasteiger partial charge in [-0.25, -0.2) is 0 Å². The van der Waals surface area contributed by atoms with Crippen molar-refractivity contribution in [1.29, 1.82) is 0 Å². The standard InChI is InChI=1S/C12H18ClNO2/c1-9-6-5-7-12(3,13)11(9)14(8-16-4)10(2)15/h5-7,11H,8H2,1-4H3. The Labute approximate surface area is 102 Å². The highest BCUT2D eigenvalue weighted by Crippen LogP contribution is 2.33. The first kappa shape index (κ1) is 13.3. The van der Waals surface area contributed by atoms with Crippen molar-refractivity contribution in [3.05, 3.63) is 23.8 Å². The quantitative estimate of drug-likeness (QED) is 0.563. The largest absolute Gasteiger partial charge is 0.364 e. The second-order valence-electron chi connectivity index (χ2n) is 4.23. The van der Waals surface area contributed by atoms with Crippen molar-refractivity contribution in [2.75, 3.05) is 13.8 Å². The normalized spacial score (nSPS) is 28.8. The molecule has 1 aliphatic carbocycles. The van der Waals surface area contributed by atoms with E-state index >= 15 is 0 Å². The third-order valence-electron chi connectivity index (χ3n) is 2.73. The molecule has 0 radical (unpaired) electrons. The van der Waals surface area contributed by atoms with E-state index in [2.05, 4.69) is 0 Å². The van der Waals surface area contributed by atoms with Crippen LogP contribution >= 0.6 is 11.6 Å². The van der Waals surface area contributed by atoms with Crippen LogP contribution in [0.3, 0.4) is 0 Å². The van der Waals surface area contributed by atoms with Gasteiger partial charge in [-0.3, -0.25) is 4.79 Å². The second kappa shape index (κ2) is 5.02. The van der Waals surface area contributed by atoms with Gasteiger partial charge in [-0.05, 0) is 19.4 Å². The second-order valence-corrected chi connectivity index (χ2v) is 5.04. The lowest BCUT2D eigenvalue weighted by molar-refractivity contribution is -0.136. The van der Waals surface area contributed by atoms with E-state index in [9.17, 15) is 4.79 Å². The molecule has 2 unspecified atom stereocenters. The molecule has 4 heteroatoms. The Kier molecular flexibility index (Phi) is 4.16. The summed E-state index contributed by atoms with van der Waals surface area (Å²) in [6, 6.07) is -0.156. The molecule has 0 aliphatic heterocycles. The molecule has 0 fully saturated rings. The molecule has 0 saturated carbocycles. The minimum Gasteiger partial charge on any atom is -0.364 e. The number of ether oxygens (including phenoxy) is 1.